The first kappa shape index (κ1) is 14.7. The Hall–Kier alpha value is -1.31. The SMILES string of the molecule is CCc1cc(C(C)(C)C)cc(CC)c1NC(C)=O. The van der Waals surface area contributed by atoms with E-state index in [9.17, 15) is 4.79 Å². The molecule has 0 heterocycles. The van der Waals surface area contributed by atoms with Crippen molar-refractivity contribution in [1.29, 1.82) is 0 Å². The summed E-state index contributed by atoms with van der Waals surface area (Å²) in [5.41, 5.74) is 4.96. The number of nitrogens with one attached hydrogen (secondary N) is 1. The van der Waals surface area contributed by atoms with Crippen LogP contribution < -0.4 is 5.32 Å². The van der Waals surface area contributed by atoms with Crippen LogP contribution in [-0.2, 0) is 23.1 Å². The lowest BCUT2D eigenvalue weighted by Crippen LogP contribution is -2.15. The van der Waals surface area contributed by atoms with Gasteiger partial charge in [0.2, 0.25) is 5.91 Å². The van der Waals surface area contributed by atoms with Gasteiger partial charge >= 0.3 is 0 Å². The molecular weight excluding hydrogens is 222 g/mol. The Morgan fingerprint density at radius 3 is 1.83 bits per heavy atom. The number of aryl methyl sites for hydroxylation is 2. The number of benzene rings is 1. The van der Waals surface area contributed by atoms with E-state index in [-0.39, 0.29) is 11.3 Å². The molecule has 1 aromatic carbocycles. The molecule has 1 N–H and O–H groups in total. The molecule has 0 saturated carbocycles. The number of anilines is 1. The predicted octanol–water partition coefficient (Wildman–Crippen LogP) is 4.07. The minimum atomic E-state index is 0.00269. The summed E-state index contributed by atoms with van der Waals surface area (Å²) in [5, 5.41) is 2.98. The van der Waals surface area contributed by atoms with Gasteiger partial charge in [0.1, 0.15) is 0 Å². The minimum Gasteiger partial charge on any atom is -0.326 e. The summed E-state index contributed by atoms with van der Waals surface area (Å²) >= 11 is 0. The van der Waals surface area contributed by atoms with E-state index in [0.717, 1.165) is 18.5 Å². The van der Waals surface area contributed by atoms with Gasteiger partial charge < -0.3 is 5.32 Å². The third-order valence-corrected chi connectivity index (χ3v) is 3.23. The quantitative estimate of drug-likeness (QED) is 0.857. The highest BCUT2D eigenvalue weighted by Crippen LogP contribution is 2.31. The molecule has 0 fully saturated rings. The maximum atomic E-state index is 11.3. The Labute approximate surface area is 111 Å². The van der Waals surface area contributed by atoms with Crippen LogP contribution in [0.4, 0.5) is 5.69 Å². The fourth-order valence-electron chi connectivity index (χ4n) is 2.09. The summed E-state index contributed by atoms with van der Waals surface area (Å²) in [6.07, 6.45) is 1.87. The van der Waals surface area contributed by atoms with Gasteiger partial charge in [0, 0.05) is 12.6 Å². The van der Waals surface area contributed by atoms with Crippen molar-refractivity contribution in [2.24, 2.45) is 0 Å². The summed E-state index contributed by atoms with van der Waals surface area (Å²) in [5.74, 6) is 0.00269. The van der Waals surface area contributed by atoms with Crippen LogP contribution in [0.25, 0.3) is 0 Å². The Kier molecular flexibility index (Phi) is 4.55. The Morgan fingerprint density at radius 2 is 1.56 bits per heavy atom. The summed E-state index contributed by atoms with van der Waals surface area (Å²) in [6, 6.07) is 4.45. The van der Waals surface area contributed by atoms with Crippen molar-refractivity contribution < 1.29 is 4.79 Å². The fraction of sp³-hybridized carbons (Fsp3) is 0.562. The van der Waals surface area contributed by atoms with E-state index in [4.69, 9.17) is 0 Å². The lowest BCUT2D eigenvalue weighted by atomic mass is 9.83. The Balaban J connectivity index is 3.38. The van der Waals surface area contributed by atoms with Gasteiger partial charge in [-0.3, -0.25) is 4.79 Å². The standard InChI is InChI=1S/C16H25NO/c1-7-12-9-14(16(4,5)6)10-13(8-2)15(12)17-11(3)18/h9-10H,7-8H2,1-6H3,(H,17,18). The van der Waals surface area contributed by atoms with Crippen LogP contribution in [0.3, 0.4) is 0 Å². The van der Waals surface area contributed by atoms with E-state index >= 15 is 0 Å². The van der Waals surface area contributed by atoms with Crippen molar-refractivity contribution in [3.8, 4) is 0 Å². The largest absolute Gasteiger partial charge is 0.326 e. The number of amides is 1. The van der Waals surface area contributed by atoms with Gasteiger partial charge in [0.05, 0.1) is 0 Å². The van der Waals surface area contributed by atoms with Crippen LogP contribution in [0, 0.1) is 0 Å². The van der Waals surface area contributed by atoms with Crippen LogP contribution in [0.2, 0.25) is 0 Å². The molecule has 0 aliphatic rings. The van der Waals surface area contributed by atoms with E-state index in [1.165, 1.54) is 16.7 Å². The highest BCUT2D eigenvalue weighted by atomic mass is 16.1. The van der Waals surface area contributed by atoms with Crippen molar-refractivity contribution >= 4 is 11.6 Å². The molecule has 2 nitrogen and oxygen atoms in total. The van der Waals surface area contributed by atoms with E-state index in [1.54, 1.807) is 6.92 Å². The van der Waals surface area contributed by atoms with Crippen LogP contribution in [0.1, 0.15) is 58.2 Å². The summed E-state index contributed by atoms with van der Waals surface area (Å²) in [6.45, 7) is 12.5. The lowest BCUT2D eigenvalue weighted by molar-refractivity contribution is -0.114. The molecule has 1 rings (SSSR count). The average molecular weight is 247 g/mol. The molecule has 0 aliphatic heterocycles. The molecule has 18 heavy (non-hydrogen) atoms. The Morgan fingerprint density at radius 1 is 1.11 bits per heavy atom. The van der Waals surface area contributed by atoms with Crippen LogP contribution in [0.5, 0.6) is 0 Å². The molecule has 0 aliphatic carbocycles. The zero-order chi connectivity index (χ0) is 13.9. The molecule has 100 valence electrons. The van der Waals surface area contributed by atoms with E-state index in [2.05, 4.69) is 52.1 Å². The van der Waals surface area contributed by atoms with E-state index in [0.29, 0.717) is 0 Å². The average Bonchev–Trinajstić information content (AvgIpc) is 2.26. The molecule has 1 amide bonds. The van der Waals surface area contributed by atoms with Crippen LogP contribution in [-0.4, -0.2) is 5.91 Å². The zero-order valence-corrected chi connectivity index (χ0v) is 12.5. The van der Waals surface area contributed by atoms with E-state index in [1.807, 2.05) is 0 Å². The van der Waals surface area contributed by atoms with Gasteiger partial charge in [0.15, 0.2) is 0 Å². The van der Waals surface area contributed by atoms with Gasteiger partial charge in [-0.1, -0.05) is 46.8 Å². The molecular formula is C16H25NO. The smallest absolute Gasteiger partial charge is 0.221 e. The summed E-state index contributed by atoms with van der Waals surface area (Å²) < 4.78 is 0. The molecule has 0 unspecified atom stereocenters. The molecule has 0 saturated heterocycles. The maximum Gasteiger partial charge on any atom is 0.221 e. The lowest BCUT2D eigenvalue weighted by Gasteiger charge is -2.23. The van der Waals surface area contributed by atoms with Crippen molar-refractivity contribution in [2.45, 2.75) is 59.8 Å². The zero-order valence-electron chi connectivity index (χ0n) is 12.5. The second kappa shape index (κ2) is 5.55. The molecule has 0 bridgehead atoms. The number of carbonyl (C=O) groups is 1. The molecule has 0 spiro atoms. The Bertz CT molecular complexity index is 416. The second-order valence-corrected chi connectivity index (χ2v) is 5.81. The van der Waals surface area contributed by atoms with Gasteiger partial charge in [0.25, 0.3) is 0 Å². The first-order chi connectivity index (χ1) is 8.29. The van der Waals surface area contributed by atoms with Crippen molar-refractivity contribution in [2.75, 3.05) is 5.32 Å². The fourth-order valence-corrected chi connectivity index (χ4v) is 2.09. The van der Waals surface area contributed by atoms with Gasteiger partial charge in [-0.2, -0.15) is 0 Å². The topological polar surface area (TPSA) is 29.1 Å². The first-order valence-electron chi connectivity index (χ1n) is 6.73. The predicted molar refractivity (Wildman–Crippen MR) is 78.2 cm³/mol. The normalized spacial score (nSPS) is 11.4. The molecule has 2 heteroatoms. The highest BCUT2D eigenvalue weighted by molar-refractivity contribution is 5.90. The van der Waals surface area contributed by atoms with Crippen molar-refractivity contribution in [3.63, 3.8) is 0 Å². The van der Waals surface area contributed by atoms with Crippen molar-refractivity contribution in [3.05, 3.63) is 28.8 Å². The monoisotopic (exact) mass is 247 g/mol. The number of carbonyl (C=O) groups excluding carboxylic acids is 1. The highest BCUT2D eigenvalue weighted by Gasteiger charge is 2.18. The number of hydrogen-bond acceptors (Lipinski definition) is 1. The van der Waals surface area contributed by atoms with Crippen LogP contribution in [0.15, 0.2) is 12.1 Å². The van der Waals surface area contributed by atoms with Crippen LogP contribution >= 0.6 is 0 Å². The van der Waals surface area contributed by atoms with Gasteiger partial charge in [-0.25, -0.2) is 0 Å². The third kappa shape index (κ3) is 3.34. The second-order valence-electron chi connectivity index (χ2n) is 5.81. The summed E-state index contributed by atoms with van der Waals surface area (Å²) in [7, 11) is 0. The van der Waals surface area contributed by atoms with Gasteiger partial charge in [-0.05, 0) is 34.9 Å². The number of hydrogen-bond donors (Lipinski definition) is 1. The molecule has 0 aromatic heterocycles. The molecule has 0 atom stereocenters. The number of rotatable bonds is 3. The third-order valence-electron chi connectivity index (χ3n) is 3.23. The van der Waals surface area contributed by atoms with E-state index < -0.39 is 0 Å². The van der Waals surface area contributed by atoms with Gasteiger partial charge in [-0.15, -0.1) is 0 Å². The first-order valence-corrected chi connectivity index (χ1v) is 6.73. The van der Waals surface area contributed by atoms with Crippen molar-refractivity contribution in [1.82, 2.24) is 0 Å². The molecule has 0 radical (unpaired) electrons. The summed E-state index contributed by atoms with van der Waals surface area (Å²) in [4.78, 5) is 11.3. The maximum absolute atomic E-state index is 11.3. The minimum absolute atomic E-state index is 0.00269. The molecule has 1 aromatic rings.